The van der Waals surface area contributed by atoms with E-state index in [9.17, 15) is 9.18 Å². The number of rotatable bonds is 3. The fourth-order valence-electron chi connectivity index (χ4n) is 3.80. The first-order chi connectivity index (χ1) is 12.5. The van der Waals surface area contributed by atoms with E-state index in [-0.39, 0.29) is 11.1 Å². The number of carbonyl (C=O) groups excluding carboxylic acids is 1. The molecule has 1 saturated heterocycles. The highest BCUT2D eigenvalue weighted by Crippen LogP contribution is 2.31. The van der Waals surface area contributed by atoms with Crippen LogP contribution in [0.15, 0.2) is 42.6 Å². The smallest absolute Gasteiger partial charge is 0.250 e. The molecule has 4 rings (SSSR count). The fourth-order valence-corrected chi connectivity index (χ4v) is 3.80. The minimum atomic E-state index is -0.528. The van der Waals surface area contributed by atoms with Crippen LogP contribution in [0.2, 0.25) is 0 Å². The molecular formula is C19H20BFN4O. The summed E-state index contributed by atoms with van der Waals surface area (Å²) < 4.78 is 16.5. The molecule has 1 atom stereocenters. The number of nitrogens with two attached hydrogens (primary N) is 1. The molecule has 3 aromatic rings. The van der Waals surface area contributed by atoms with Crippen molar-refractivity contribution in [3.05, 3.63) is 59.5 Å². The second-order valence-electron chi connectivity index (χ2n) is 7.19. The number of primary amides is 1. The Balaban J connectivity index is 1.75. The van der Waals surface area contributed by atoms with E-state index in [0.29, 0.717) is 16.8 Å². The van der Waals surface area contributed by atoms with E-state index < -0.39 is 5.91 Å². The summed E-state index contributed by atoms with van der Waals surface area (Å²) in [5.74, 6) is -0.761. The lowest BCUT2D eigenvalue weighted by molar-refractivity contribution is 0.100. The minimum Gasteiger partial charge on any atom is -0.366 e. The Kier molecular flexibility index (Phi) is 4.03. The number of hydrogen-bond donors (Lipinski definition) is 2. The van der Waals surface area contributed by atoms with Gasteiger partial charge in [0.2, 0.25) is 0 Å². The molecule has 5 nitrogen and oxygen atoms in total. The first-order valence-corrected chi connectivity index (χ1v) is 8.77. The molecule has 132 valence electrons. The van der Waals surface area contributed by atoms with E-state index in [2.05, 4.69) is 18.3 Å². The van der Waals surface area contributed by atoms with Crippen LogP contribution in [0, 0.1) is 5.82 Å². The zero-order valence-electron chi connectivity index (χ0n) is 14.6. The number of carbonyl (C=O) groups is 1. The third kappa shape index (κ3) is 2.78. The molecular weight excluding hydrogens is 330 g/mol. The number of nitrogens with one attached hydrogen (secondary N) is 1. The maximum Gasteiger partial charge on any atom is 0.250 e. The number of benzene rings is 2. The van der Waals surface area contributed by atoms with Gasteiger partial charge in [0.1, 0.15) is 19.2 Å². The lowest BCUT2D eigenvalue weighted by atomic mass is 9.60. The van der Waals surface area contributed by atoms with Gasteiger partial charge in [-0.2, -0.15) is 5.10 Å². The highest BCUT2D eigenvalue weighted by molar-refractivity contribution is 6.16. The summed E-state index contributed by atoms with van der Waals surface area (Å²) in [5.41, 5.74) is 7.64. The number of hydrogen-bond acceptors (Lipinski definition) is 3. The van der Waals surface area contributed by atoms with Crippen molar-refractivity contribution in [1.82, 2.24) is 15.1 Å². The summed E-state index contributed by atoms with van der Waals surface area (Å²) >= 11 is 0. The molecule has 1 aromatic heterocycles. The average molecular weight is 350 g/mol. The zero-order valence-corrected chi connectivity index (χ0v) is 14.6. The molecule has 26 heavy (non-hydrogen) atoms. The molecule has 3 N–H and O–H groups in total. The van der Waals surface area contributed by atoms with Crippen molar-refractivity contribution in [2.24, 2.45) is 5.73 Å². The van der Waals surface area contributed by atoms with Crippen molar-refractivity contribution in [2.75, 3.05) is 13.1 Å². The largest absolute Gasteiger partial charge is 0.366 e. The second-order valence-corrected chi connectivity index (χ2v) is 7.19. The number of piperidine rings is 1. The van der Waals surface area contributed by atoms with Crippen LogP contribution in [0.4, 0.5) is 4.39 Å². The number of aromatic nitrogens is 2. The normalized spacial score (nSPS) is 20.3. The molecule has 0 aliphatic carbocycles. The van der Waals surface area contributed by atoms with Crippen LogP contribution in [0.1, 0.15) is 28.8 Å². The molecule has 1 aliphatic heterocycles. The van der Waals surface area contributed by atoms with E-state index >= 15 is 0 Å². The predicted octanol–water partition coefficient (Wildman–Crippen LogP) is 1.48. The Hall–Kier alpha value is -2.67. The van der Waals surface area contributed by atoms with Crippen LogP contribution in [0.25, 0.3) is 16.6 Å². The molecule has 0 spiro atoms. The lowest BCUT2D eigenvalue weighted by Gasteiger charge is -2.35. The molecule has 0 radical (unpaired) electrons. The van der Waals surface area contributed by atoms with Crippen molar-refractivity contribution < 1.29 is 9.18 Å². The van der Waals surface area contributed by atoms with E-state index in [0.717, 1.165) is 36.9 Å². The first kappa shape index (κ1) is 16.8. The van der Waals surface area contributed by atoms with Crippen LogP contribution in [0.5, 0.6) is 0 Å². The van der Waals surface area contributed by atoms with Gasteiger partial charge >= 0.3 is 0 Å². The van der Waals surface area contributed by atoms with Gasteiger partial charge in [0.15, 0.2) is 0 Å². The Morgan fingerprint density at radius 3 is 2.88 bits per heavy atom. The maximum absolute atomic E-state index is 14.9. The van der Waals surface area contributed by atoms with Gasteiger partial charge in [-0.3, -0.25) is 4.79 Å². The van der Waals surface area contributed by atoms with Crippen LogP contribution >= 0.6 is 0 Å². The van der Waals surface area contributed by atoms with E-state index in [4.69, 9.17) is 5.73 Å². The van der Waals surface area contributed by atoms with Crippen molar-refractivity contribution in [3.8, 4) is 5.69 Å². The highest BCUT2D eigenvalue weighted by Gasteiger charge is 2.31. The standard InChI is InChI=1S/C19H20BFN4O/c20-19(7-2-8-23-11-19)15-6-5-13(9-16(15)21)25-10-12-3-1-4-14(18(22)26)17(12)24-25/h1,3-6,9-10,23H,2,7-8,11,20H2,(H2,22,26). The number of nitrogens with zero attached hydrogens (tertiary/aromatic N) is 2. The summed E-state index contributed by atoms with van der Waals surface area (Å²) in [6, 6.07) is 10.5. The summed E-state index contributed by atoms with van der Waals surface area (Å²) in [6.45, 7) is 1.76. The monoisotopic (exact) mass is 350 g/mol. The summed E-state index contributed by atoms with van der Waals surface area (Å²) in [5, 5.41) is 8.38. The van der Waals surface area contributed by atoms with Gasteiger partial charge in [-0.1, -0.05) is 18.2 Å². The van der Waals surface area contributed by atoms with E-state index in [1.54, 1.807) is 23.0 Å². The van der Waals surface area contributed by atoms with Gasteiger partial charge in [-0.05, 0) is 55.0 Å². The number of fused-ring (bicyclic) bond motifs is 1. The molecule has 1 aliphatic rings. The van der Waals surface area contributed by atoms with Crippen LogP contribution in [-0.2, 0) is 5.31 Å². The Morgan fingerprint density at radius 1 is 1.35 bits per heavy atom. The zero-order chi connectivity index (χ0) is 18.3. The molecule has 0 bridgehead atoms. The average Bonchev–Trinajstić information content (AvgIpc) is 3.06. The highest BCUT2D eigenvalue weighted by atomic mass is 19.1. The molecule has 1 amide bonds. The van der Waals surface area contributed by atoms with Crippen LogP contribution < -0.4 is 11.1 Å². The van der Waals surface area contributed by atoms with Gasteiger partial charge in [0, 0.05) is 11.6 Å². The summed E-state index contributed by atoms with van der Waals surface area (Å²) in [7, 11) is 2.10. The molecule has 2 heterocycles. The Bertz CT molecular complexity index is 994. The lowest BCUT2D eigenvalue weighted by Crippen LogP contribution is -2.44. The Labute approximate surface area is 151 Å². The number of amides is 1. The van der Waals surface area contributed by atoms with Gasteiger partial charge in [0.25, 0.3) is 5.91 Å². The minimum absolute atomic E-state index is 0.200. The predicted molar refractivity (Wildman–Crippen MR) is 102 cm³/mol. The quantitative estimate of drug-likeness (QED) is 0.703. The number of halogens is 1. The first-order valence-electron chi connectivity index (χ1n) is 8.77. The van der Waals surface area contributed by atoms with Gasteiger partial charge in [-0.15, -0.1) is 0 Å². The molecule has 7 heteroatoms. The third-order valence-corrected chi connectivity index (χ3v) is 5.27. The SMILES string of the molecule is BC1(c2ccc(-n3cc4cccc(C(N)=O)c4n3)cc2F)CCCNC1. The summed E-state index contributed by atoms with van der Waals surface area (Å²) in [4.78, 5) is 11.6. The van der Waals surface area contributed by atoms with Crippen molar-refractivity contribution in [1.29, 1.82) is 0 Å². The van der Waals surface area contributed by atoms with Gasteiger partial charge in [0.05, 0.1) is 11.3 Å². The van der Waals surface area contributed by atoms with Crippen molar-refractivity contribution in [3.63, 3.8) is 0 Å². The summed E-state index contributed by atoms with van der Waals surface area (Å²) in [6.07, 6.45) is 3.78. The van der Waals surface area contributed by atoms with Crippen LogP contribution in [0.3, 0.4) is 0 Å². The van der Waals surface area contributed by atoms with Crippen molar-refractivity contribution in [2.45, 2.75) is 18.2 Å². The fraction of sp³-hybridized carbons (Fsp3) is 0.263. The second kappa shape index (κ2) is 6.25. The molecule has 0 saturated carbocycles. The van der Waals surface area contributed by atoms with E-state index in [1.165, 1.54) is 6.07 Å². The van der Waals surface area contributed by atoms with Gasteiger partial charge < -0.3 is 11.1 Å². The van der Waals surface area contributed by atoms with E-state index in [1.807, 2.05) is 18.2 Å². The topological polar surface area (TPSA) is 72.9 Å². The van der Waals surface area contributed by atoms with Crippen LogP contribution in [-0.4, -0.2) is 36.6 Å². The molecule has 1 fully saturated rings. The van der Waals surface area contributed by atoms with Gasteiger partial charge in [-0.25, -0.2) is 9.07 Å². The third-order valence-electron chi connectivity index (χ3n) is 5.27. The maximum atomic E-state index is 14.9. The molecule has 1 unspecified atom stereocenters. The molecule has 2 aromatic carbocycles. The van der Waals surface area contributed by atoms with Crippen molar-refractivity contribution >= 4 is 24.7 Å². The Morgan fingerprint density at radius 2 is 2.19 bits per heavy atom.